The van der Waals surface area contributed by atoms with Gasteiger partial charge in [-0.05, 0) is 66.9 Å². The van der Waals surface area contributed by atoms with Gasteiger partial charge >= 0.3 is 5.97 Å². The third-order valence-corrected chi connectivity index (χ3v) is 8.42. The Labute approximate surface area is 219 Å². The Morgan fingerprint density at radius 3 is 2.41 bits per heavy atom. The van der Waals surface area contributed by atoms with Crippen LogP contribution in [0, 0.1) is 13.8 Å². The number of nitrogens with one attached hydrogen (secondary N) is 2. The summed E-state index contributed by atoms with van der Waals surface area (Å²) in [5.41, 5.74) is 2.29. The molecule has 1 heterocycles. The molecular weight excluding hydrogens is 518 g/mol. The van der Waals surface area contributed by atoms with E-state index in [0.29, 0.717) is 27.4 Å². The summed E-state index contributed by atoms with van der Waals surface area (Å²) in [5, 5.41) is 14.8. The average molecular weight is 542 g/mol. The third kappa shape index (κ3) is 5.30. The van der Waals surface area contributed by atoms with E-state index >= 15 is 0 Å². The number of nitrogens with zero attached hydrogens (tertiary/aromatic N) is 1. The van der Waals surface area contributed by atoms with Crippen LogP contribution in [0.4, 0.5) is 11.4 Å². The quantitative estimate of drug-likeness (QED) is 0.416. The van der Waals surface area contributed by atoms with E-state index in [2.05, 4.69) is 10.6 Å². The number of anilines is 2. The predicted octanol–water partition coefficient (Wildman–Crippen LogP) is 3.88. The van der Waals surface area contributed by atoms with Crippen LogP contribution in [0.2, 0.25) is 5.02 Å². The minimum atomic E-state index is -4.27. The second-order valence-corrected chi connectivity index (χ2v) is 10.9. The predicted molar refractivity (Wildman–Crippen MR) is 139 cm³/mol. The maximum Gasteiger partial charge on any atom is 0.335 e. The maximum absolute atomic E-state index is 14.0. The summed E-state index contributed by atoms with van der Waals surface area (Å²) in [7, 11) is -4.27. The number of carbonyl (C=O) groups excluding carboxylic acids is 2. The molecule has 3 aromatic rings. The van der Waals surface area contributed by atoms with Gasteiger partial charge < -0.3 is 15.7 Å². The highest BCUT2D eigenvalue weighted by molar-refractivity contribution is 7.93. The molecule has 4 rings (SSSR count). The second-order valence-electron chi connectivity index (χ2n) is 8.67. The number of carboxylic acids is 1. The van der Waals surface area contributed by atoms with Gasteiger partial charge in [-0.1, -0.05) is 35.9 Å². The molecule has 1 aliphatic heterocycles. The van der Waals surface area contributed by atoms with Gasteiger partial charge in [0.1, 0.15) is 6.04 Å². The fraction of sp³-hybridized carbons (Fsp3) is 0.192. The van der Waals surface area contributed by atoms with E-state index in [1.807, 2.05) is 0 Å². The normalized spacial score (nSPS) is 15.1. The molecule has 2 amide bonds. The molecule has 0 radical (unpaired) electrons. The highest BCUT2D eigenvalue weighted by atomic mass is 35.5. The smallest absolute Gasteiger partial charge is 0.335 e. The number of carboxylic acid groups (broad SMARTS) is 1. The van der Waals surface area contributed by atoms with Gasteiger partial charge in [0.15, 0.2) is 0 Å². The van der Waals surface area contributed by atoms with Gasteiger partial charge in [0.25, 0.3) is 10.0 Å². The summed E-state index contributed by atoms with van der Waals surface area (Å²) in [5.74, 6) is -2.25. The highest BCUT2D eigenvalue weighted by Crippen LogP contribution is 2.38. The van der Waals surface area contributed by atoms with Crippen LogP contribution in [0.25, 0.3) is 0 Å². The molecule has 11 heteroatoms. The van der Waals surface area contributed by atoms with Crippen LogP contribution in [0.3, 0.4) is 0 Å². The number of benzene rings is 3. The number of aromatic carboxylic acids is 1. The summed E-state index contributed by atoms with van der Waals surface area (Å²) in [6.07, 6.45) is -0.432. The Kier molecular flexibility index (Phi) is 7.24. The monoisotopic (exact) mass is 541 g/mol. The SMILES string of the molecule is Cc1cc(S(=O)(=O)N2c3ccccc3NC(=O)C2CC(=O)NCc2ccc(C(=O)O)cc2)c(C)cc1Cl. The van der Waals surface area contributed by atoms with Gasteiger partial charge in [0, 0.05) is 11.6 Å². The van der Waals surface area contributed by atoms with Crippen LogP contribution < -0.4 is 14.9 Å². The van der Waals surface area contributed by atoms with Crippen LogP contribution in [-0.4, -0.2) is 37.3 Å². The molecule has 0 aromatic heterocycles. The van der Waals surface area contributed by atoms with E-state index in [9.17, 15) is 22.8 Å². The lowest BCUT2D eigenvalue weighted by Gasteiger charge is -2.37. The van der Waals surface area contributed by atoms with Crippen LogP contribution in [0.5, 0.6) is 0 Å². The number of sulfonamides is 1. The van der Waals surface area contributed by atoms with E-state index in [1.54, 1.807) is 56.3 Å². The first-order valence-electron chi connectivity index (χ1n) is 11.3. The van der Waals surface area contributed by atoms with Gasteiger partial charge in [-0.15, -0.1) is 0 Å². The minimum Gasteiger partial charge on any atom is -0.478 e. The first-order valence-corrected chi connectivity index (χ1v) is 13.1. The van der Waals surface area contributed by atoms with E-state index in [-0.39, 0.29) is 22.7 Å². The number of amides is 2. The molecule has 192 valence electrons. The minimum absolute atomic E-state index is 0.0113. The molecule has 0 spiro atoms. The van der Waals surface area contributed by atoms with Crippen LogP contribution in [-0.2, 0) is 26.2 Å². The molecule has 37 heavy (non-hydrogen) atoms. The fourth-order valence-corrected chi connectivity index (χ4v) is 6.23. The summed E-state index contributed by atoms with van der Waals surface area (Å²) in [6.45, 7) is 3.38. The molecule has 0 bridgehead atoms. The largest absolute Gasteiger partial charge is 0.478 e. The molecule has 0 fully saturated rings. The summed E-state index contributed by atoms with van der Waals surface area (Å²) >= 11 is 6.18. The van der Waals surface area contributed by atoms with Crippen molar-refractivity contribution < 1.29 is 27.9 Å². The fourth-order valence-electron chi connectivity index (χ4n) is 4.09. The van der Waals surface area contributed by atoms with Crippen molar-refractivity contribution in [2.75, 3.05) is 9.62 Å². The van der Waals surface area contributed by atoms with Crippen molar-refractivity contribution in [2.45, 2.75) is 37.8 Å². The lowest BCUT2D eigenvalue weighted by molar-refractivity contribution is -0.125. The van der Waals surface area contributed by atoms with Crippen molar-refractivity contribution in [1.29, 1.82) is 0 Å². The van der Waals surface area contributed by atoms with Crippen LogP contribution >= 0.6 is 11.6 Å². The van der Waals surface area contributed by atoms with Crippen molar-refractivity contribution in [2.24, 2.45) is 0 Å². The molecule has 1 atom stereocenters. The van der Waals surface area contributed by atoms with Crippen molar-refractivity contribution >= 4 is 50.8 Å². The molecule has 0 saturated carbocycles. The highest BCUT2D eigenvalue weighted by Gasteiger charge is 2.42. The molecule has 1 aliphatic rings. The number of fused-ring (bicyclic) bond motifs is 1. The number of carbonyl (C=O) groups is 3. The Hall–Kier alpha value is -3.89. The zero-order valence-corrected chi connectivity index (χ0v) is 21.6. The van der Waals surface area contributed by atoms with Crippen LogP contribution in [0.1, 0.15) is 33.5 Å². The summed E-state index contributed by atoms with van der Waals surface area (Å²) in [6, 6.07) is 14.1. The summed E-state index contributed by atoms with van der Waals surface area (Å²) in [4.78, 5) is 37.0. The van der Waals surface area contributed by atoms with Crippen molar-refractivity contribution in [3.8, 4) is 0 Å². The van der Waals surface area contributed by atoms with Crippen LogP contribution in [0.15, 0.2) is 65.6 Å². The van der Waals surface area contributed by atoms with Gasteiger partial charge in [-0.2, -0.15) is 0 Å². The molecule has 3 N–H and O–H groups in total. The Morgan fingerprint density at radius 2 is 1.73 bits per heavy atom. The van der Waals surface area contributed by atoms with Gasteiger partial charge in [-0.3, -0.25) is 13.9 Å². The molecule has 0 saturated heterocycles. The van der Waals surface area contributed by atoms with E-state index < -0.39 is 40.3 Å². The molecule has 0 aliphatic carbocycles. The van der Waals surface area contributed by atoms with Gasteiger partial charge in [-0.25, -0.2) is 13.2 Å². The topological polar surface area (TPSA) is 133 Å². The average Bonchev–Trinajstić information content (AvgIpc) is 2.85. The number of halogens is 1. The maximum atomic E-state index is 14.0. The van der Waals surface area contributed by atoms with Gasteiger partial charge in [0.05, 0.1) is 28.3 Å². The molecule has 1 unspecified atom stereocenters. The standard InChI is InChI=1S/C26H24ClN3O6S/c1-15-12-23(16(2)11-19(15)27)37(35,36)30-21-6-4-3-5-20(21)29-25(32)22(30)13-24(31)28-14-17-7-9-18(10-8-17)26(33)34/h3-12,22H,13-14H2,1-2H3,(H,28,31)(H,29,32)(H,33,34). The van der Waals surface area contributed by atoms with Gasteiger partial charge in [0.2, 0.25) is 11.8 Å². The number of rotatable bonds is 7. The van der Waals surface area contributed by atoms with Crippen molar-refractivity contribution in [1.82, 2.24) is 5.32 Å². The van der Waals surface area contributed by atoms with E-state index in [1.165, 1.54) is 18.2 Å². The number of hydrogen-bond donors (Lipinski definition) is 3. The van der Waals surface area contributed by atoms with E-state index in [4.69, 9.17) is 16.7 Å². The van der Waals surface area contributed by atoms with Crippen molar-refractivity contribution in [3.63, 3.8) is 0 Å². The number of aryl methyl sites for hydroxylation is 2. The Morgan fingerprint density at radius 1 is 1.05 bits per heavy atom. The van der Waals surface area contributed by atoms with E-state index in [0.717, 1.165) is 4.31 Å². The number of hydrogen-bond acceptors (Lipinski definition) is 5. The molecule has 9 nitrogen and oxygen atoms in total. The summed E-state index contributed by atoms with van der Waals surface area (Å²) < 4.78 is 28.9. The third-order valence-electron chi connectivity index (χ3n) is 6.05. The second kappa shape index (κ2) is 10.2. The Bertz CT molecular complexity index is 1510. The zero-order chi connectivity index (χ0) is 26.9. The lowest BCUT2D eigenvalue weighted by Crippen LogP contribution is -2.52. The zero-order valence-electron chi connectivity index (χ0n) is 20.0. The Balaban J connectivity index is 1.64. The number of para-hydroxylation sites is 2. The molecular formula is C26H24ClN3O6S. The first-order chi connectivity index (χ1) is 17.5. The van der Waals surface area contributed by atoms with Crippen molar-refractivity contribution in [3.05, 3.63) is 87.9 Å². The lowest BCUT2D eigenvalue weighted by atomic mass is 10.1. The first kappa shape index (κ1) is 26.2. The molecule has 3 aromatic carbocycles.